The summed E-state index contributed by atoms with van der Waals surface area (Å²) in [6, 6.07) is 2.21. The lowest BCUT2D eigenvalue weighted by molar-refractivity contribution is 0.0840. The summed E-state index contributed by atoms with van der Waals surface area (Å²) < 4.78 is 0. The zero-order valence-electron chi connectivity index (χ0n) is 12.5. The van der Waals surface area contributed by atoms with E-state index in [1.807, 2.05) is 0 Å². The van der Waals surface area contributed by atoms with Crippen LogP contribution in [-0.2, 0) is 0 Å². The highest BCUT2D eigenvalue weighted by molar-refractivity contribution is 4.90. The molecule has 1 rings (SSSR count). The molecule has 0 amide bonds. The monoisotopic (exact) mass is 240 g/mol. The molecule has 3 atom stereocenters. The maximum Gasteiger partial charge on any atom is 0.0251 e. The van der Waals surface area contributed by atoms with Crippen LogP contribution in [0.3, 0.4) is 0 Å². The molecule has 0 heterocycles. The minimum absolute atomic E-state index is 0.710. The predicted octanol–water partition coefficient (Wildman–Crippen LogP) is 3.27. The SMILES string of the molecule is CCNC1CCC(C)CC1N(C)C(CC)CC. The van der Waals surface area contributed by atoms with Crippen molar-refractivity contribution >= 4 is 0 Å². The van der Waals surface area contributed by atoms with Crippen LogP contribution in [0.25, 0.3) is 0 Å². The van der Waals surface area contributed by atoms with Crippen molar-refractivity contribution in [3.05, 3.63) is 0 Å². The van der Waals surface area contributed by atoms with E-state index >= 15 is 0 Å². The minimum atomic E-state index is 0.710. The summed E-state index contributed by atoms with van der Waals surface area (Å²) in [6.07, 6.45) is 6.66. The zero-order chi connectivity index (χ0) is 12.8. The molecule has 0 aromatic heterocycles. The first-order valence-electron chi connectivity index (χ1n) is 7.59. The van der Waals surface area contributed by atoms with Crippen LogP contribution in [0.1, 0.15) is 59.8 Å². The lowest BCUT2D eigenvalue weighted by Gasteiger charge is -2.43. The molecule has 1 fully saturated rings. The van der Waals surface area contributed by atoms with Crippen molar-refractivity contribution in [2.24, 2.45) is 5.92 Å². The van der Waals surface area contributed by atoms with Gasteiger partial charge >= 0.3 is 0 Å². The maximum atomic E-state index is 3.70. The van der Waals surface area contributed by atoms with Gasteiger partial charge in [-0.05, 0) is 51.6 Å². The first-order chi connectivity index (χ1) is 8.13. The molecule has 3 unspecified atom stereocenters. The molecule has 0 bridgehead atoms. The van der Waals surface area contributed by atoms with Gasteiger partial charge in [0.1, 0.15) is 0 Å². The maximum absolute atomic E-state index is 3.70. The number of nitrogens with zero attached hydrogens (tertiary/aromatic N) is 1. The van der Waals surface area contributed by atoms with Crippen molar-refractivity contribution in [2.75, 3.05) is 13.6 Å². The topological polar surface area (TPSA) is 15.3 Å². The molecule has 0 spiro atoms. The molecule has 1 aliphatic rings. The number of nitrogens with one attached hydrogen (secondary N) is 1. The second-order valence-electron chi connectivity index (χ2n) is 5.79. The number of hydrogen-bond donors (Lipinski definition) is 1. The van der Waals surface area contributed by atoms with Crippen LogP contribution in [0.5, 0.6) is 0 Å². The molecular weight excluding hydrogens is 208 g/mol. The van der Waals surface area contributed by atoms with E-state index < -0.39 is 0 Å². The van der Waals surface area contributed by atoms with Gasteiger partial charge in [-0.15, -0.1) is 0 Å². The third kappa shape index (κ3) is 3.96. The Labute approximate surface area is 108 Å². The predicted molar refractivity (Wildman–Crippen MR) is 76.4 cm³/mol. The Balaban J connectivity index is 2.66. The molecule has 0 aromatic rings. The fourth-order valence-corrected chi connectivity index (χ4v) is 3.44. The van der Waals surface area contributed by atoms with Gasteiger partial charge in [0.05, 0.1) is 0 Å². The van der Waals surface area contributed by atoms with Crippen molar-refractivity contribution in [1.29, 1.82) is 0 Å². The van der Waals surface area contributed by atoms with E-state index in [1.54, 1.807) is 0 Å². The Bertz CT molecular complexity index is 201. The van der Waals surface area contributed by atoms with Gasteiger partial charge in [-0.2, -0.15) is 0 Å². The van der Waals surface area contributed by atoms with Crippen molar-refractivity contribution < 1.29 is 0 Å². The molecule has 1 N–H and O–H groups in total. The van der Waals surface area contributed by atoms with Crippen LogP contribution in [0.4, 0.5) is 0 Å². The summed E-state index contributed by atoms with van der Waals surface area (Å²) in [7, 11) is 2.34. The summed E-state index contributed by atoms with van der Waals surface area (Å²) in [5.74, 6) is 0.895. The van der Waals surface area contributed by atoms with Crippen LogP contribution in [0.15, 0.2) is 0 Å². The molecule has 0 aliphatic heterocycles. The second-order valence-corrected chi connectivity index (χ2v) is 5.79. The van der Waals surface area contributed by atoms with Gasteiger partial charge in [-0.1, -0.05) is 27.7 Å². The lowest BCUT2D eigenvalue weighted by atomic mass is 9.82. The van der Waals surface area contributed by atoms with E-state index in [4.69, 9.17) is 0 Å². The van der Waals surface area contributed by atoms with Gasteiger partial charge < -0.3 is 5.32 Å². The van der Waals surface area contributed by atoms with E-state index in [-0.39, 0.29) is 0 Å². The highest BCUT2D eigenvalue weighted by Crippen LogP contribution is 2.29. The fraction of sp³-hybridized carbons (Fsp3) is 1.00. The Morgan fingerprint density at radius 2 is 1.82 bits per heavy atom. The first kappa shape index (κ1) is 15.0. The number of rotatable bonds is 6. The van der Waals surface area contributed by atoms with Gasteiger partial charge in [-0.3, -0.25) is 4.90 Å². The smallest absolute Gasteiger partial charge is 0.0251 e. The van der Waals surface area contributed by atoms with Crippen molar-refractivity contribution in [1.82, 2.24) is 10.2 Å². The van der Waals surface area contributed by atoms with Crippen LogP contribution in [0, 0.1) is 5.92 Å². The van der Waals surface area contributed by atoms with Crippen LogP contribution in [0.2, 0.25) is 0 Å². The Morgan fingerprint density at radius 3 is 2.35 bits per heavy atom. The molecule has 0 saturated heterocycles. The fourth-order valence-electron chi connectivity index (χ4n) is 3.44. The minimum Gasteiger partial charge on any atom is -0.313 e. The Hall–Kier alpha value is -0.0800. The molecule has 1 aliphatic carbocycles. The molecule has 0 radical (unpaired) electrons. The van der Waals surface area contributed by atoms with E-state index in [2.05, 4.69) is 45.0 Å². The normalized spacial score (nSPS) is 30.2. The van der Waals surface area contributed by atoms with E-state index in [0.29, 0.717) is 6.04 Å². The quantitative estimate of drug-likeness (QED) is 0.766. The average molecular weight is 240 g/mol. The van der Waals surface area contributed by atoms with E-state index in [0.717, 1.165) is 24.5 Å². The number of likely N-dealkylation sites (N-methyl/N-ethyl adjacent to an activating group) is 2. The van der Waals surface area contributed by atoms with E-state index in [1.165, 1.54) is 32.1 Å². The third-order valence-corrected chi connectivity index (χ3v) is 4.59. The highest BCUT2D eigenvalue weighted by Gasteiger charge is 2.32. The Kier molecular flexibility index (Phi) is 6.50. The van der Waals surface area contributed by atoms with Crippen molar-refractivity contribution in [2.45, 2.75) is 77.9 Å². The van der Waals surface area contributed by atoms with Gasteiger partial charge in [0.15, 0.2) is 0 Å². The summed E-state index contributed by atoms with van der Waals surface area (Å²) in [4.78, 5) is 2.66. The van der Waals surface area contributed by atoms with Gasteiger partial charge in [0, 0.05) is 18.1 Å². The Morgan fingerprint density at radius 1 is 1.18 bits per heavy atom. The third-order valence-electron chi connectivity index (χ3n) is 4.59. The summed E-state index contributed by atoms with van der Waals surface area (Å²) >= 11 is 0. The average Bonchev–Trinajstić information content (AvgIpc) is 2.33. The zero-order valence-corrected chi connectivity index (χ0v) is 12.5. The summed E-state index contributed by atoms with van der Waals surface area (Å²) in [5, 5.41) is 3.70. The molecule has 0 aromatic carbocycles. The largest absolute Gasteiger partial charge is 0.313 e. The van der Waals surface area contributed by atoms with Crippen LogP contribution in [-0.4, -0.2) is 36.6 Å². The van der Waals surface area contributed by atoms with Crippen molar-refractivity contribution in [3.8, 4) is 0 Å². The molecule has 102 valence electrons. The van der Waals surface area contributed by atoms with Gasteiger partial charge in [0.25, 0.3) is 0 Å². The molecule has 2 heteroatoms. The summed E-state index contributed by atoms with van der Waals surface area (Å²) in [6.45, 7) is 10.4. The molecular formula is C15H32N2. The standard InChI is InChI=1S/C15H32N2/c1-6-13(7-2)17(5)15-11-12(4)9-10-14(15)16-8-3/h12-16H,6-11H2,1-5H3. The molecule has 2 nitrogen and oxygen atoms in total. The summed E-state index contributed by atoms with van der Waals surface area (Å²) in [5.41, 5.74) is 0. The van der Waals surface area contributed by atoms with Gasteiger partial charge in [-0.25, -0.2) is 0 Å². The van der Waals surface area contributed by atoms with Crippen LogP contribution < -0.4 is 5.32 Å². The van der Waals surface area contributed by atoms with Crippen LogP contribution >= 0.6 is 0 Å². The molecule has 1 saturated carbocycles. The van der Waals surface area contributed by atoms with E-state index in [9.17, 15) is 0 Å². The van der Waals surface area contributed by atoms with Crippen molar-refractivity contribution in [3.63, 3.8) is 0 Å². The van der Waals surface area contributed by atoms with Gasteiger partial charge in [0.2, 0.25) is 0 Å². The lowest BCUT2D eigenvalue weighted by Crippen LogP contribution is -2.54. The molecule has 17 heavy (non-hydrogen) atoms. The highest BCUT2D eigenvalue weighted by atomic mass is 15.2. The first-order valence-corrected chi connectivity index (χ1v) is 7.59. The second kappa shape index (κ2) is 7.38. The number of hydrogen-bond acceptors (Lipinski definition) is 2.